The first-order valence-corrected chi connectivity index (χ1v) is 7.80. The van der Waals surface area contributed by atoms with Gasteiger partial charge < -0.3 is 5.32 Å². The van der Waals surface area contributed by atoms with E-state index in [4.69, 9.17) is 23.2 Å². The molecule has 0 saturated carbocycles. The monoisotopic (exact) mass is 339 g/mol. The van der Waals surface area contributed by atoms with Crippen LogP contribution in [0, 0.1) is 5.82 Å². The molecule has 0 unspecified atom stereocenters. The molecule has 1 amide bonds. The lowest BCUT2D eigenvalue weighted by Crippen LogP contribution is -2.15. The van der Waals surface area contributed by atoms with Crippen LogP contribution in [0.5, 0.6) is 0 Å². The Kier molecular flexibility index (Phi) is 5.43. The minimum absolute atomic E-state index is 0.0662. The van der Waals surface area contributed by atoms with Crippen LogP contribution >= 0.6 is 23.2 Å². The zero-order chi connectivity index (χ0) is 16.3. The van der Waals surface area contributed by atoms with E-state index in [-0.39, 0.29) is 15.6 Å². The van der Waals surface area contributed by atoms with Gasteiger partial charge in [-0.05, 0) is 36.1 Å². The van der Waals surface area contributed by atoms with Gasteiger partial charge in [0.2, 0.25) is 0 Å². The van der Waals surface area contributed by atoms with Gasteiger partial charge in [0.25, 0.3) is 5.91 Å². The van der Waals surface area contributed by atoms with Crippen molar-refractivity contribution in [1.82, 2.24) is 0 Å². The van der Waals surface area contributed by atoms with E-state index in [2.05, 4.69) is 5.32 Å². The quantitative estimate of drug-likeness (QED) is 0.731. The van der Waals surface area contributed by atoms with Crippen molar-refractivity contribution in [2.75, 3.05) is 5.32 Å². The van der Waals surface area contributed by atoms with Crippen molar-refractivity contribution in [3.63, 3.8) is 0 Å². The molecule has 0 saturated heterocycles. The minimum Gasteiger partial charge on any atom is -0.321 e. The smallest absolute Gasteiger partial charge is 0.257 e. The Bertz CT molecular complexity index is 694. The fourth-order valence-corrected chi connectivity index (χ4v) is 2.75. The summed E-state index contributed by atoms with van der Waals surface area (Å²) < 4.78 is 13.6. The molecule has 0 heterocycles. The topological polar surface area (TPSA) is 29.1 Å². The van der Waals surface area contributed by atoms with Crippen LogP contribution in [0.15, 0.2) is 30.3 Å². The van der Waals surface area contributed by atoms with Gasteiger partial charge in [-0.2, -0.15) is 0 Å². The lowest BCUT2D eigenvalue weighted by Gasteiger charge is -2.15. The Labute approximate surface area is 139 Å². The van der Waals surface area contributed by atoms with E-state index < -0.39 is 11.7 Å². The van der Waals surface area contributed by atoms with E-state index in [9.17, 15) is 9.18 Å². The second kappa shape index (κ2) is 7.12. The van der Waals surface area contributed by atoms with Gasteiger partial charge in [-0.3, -0.25) is 4.79 Å². The summed E-state index contributed by atoms with van der Waals surface area (Å²) in [5.74, 6) is -1.12. The number of carbonyl (C=O) groups excluding carboxylic acids is 1. The SMILES string of the molecule is CCc1cccc(CC)c1NC(=O)c1cc(F)c(Cl)cc1Cl. The maximum atomic E-state index is 13.6. The van der Waals surface area contributed by atoms with E-state index in [0.29, 0.717) is 0 Å². The summed E-state index contributed by atoms with van der Waals surface area (Å²) in [5.41, 5.74) is 2.89. The van der Waals surface area contributed by atoms with E-state index in [1.54, 1.807) is 0 Å². The lowest BCUT2D eigenvalue weighted by molar-refractivity contribution is 0.102. The third kappa shape index (κ3) is 3.42. The summed E-state index contributed by atoms with van der Waals surface area (Å²) in [6, 6.07) is 8.17. The Hall–Kier alpha value is -1.58. The second-order valence-electron chi connectivity index (χ2n) is 4.86. The number of halogens is 3. The molecule has 0 aliphatic carbocycles. The van der Waals surface area contributed by atoms with Gasteiger partial charge in [0.05, 0.1) is 15.6 Å². The third-order valence-corrected chi connectivity index (χ3v) is 4.09. The number of rotatable bonds is 4. The number of para-hydroxylation sites is 1. The predicted octanol–water partition coefficient (Wildman–Crippen LogP) is 5.51. The van der Waals surface area contributed by atoms with Crippen LogP contribution in [-0.2, 0) is 12.8 Å². The summed E-state index contributed by atoms with van der Waals surface area (Å²) in [4.78, 5) is 12.4. The zero-order valence-electron chi connectivity index (χ0n) is 12.3. The third-order valence-electron chi connectivity index (χ3n) is 3.49. The molecule has 2 aromatic carbocycles. The number of aryl methyl sites for hydroxylation is 2. The van der Waals surface area contributed by atoms with E-state index in [0.717, 1.165) is 35.7 Å². The molecular weight excluding hydrogens is 324 g/mol. The molecule has 116 valence electrons. The van der Waals surface area contributed by atoms with Gasteiger partial charge in [-0.15, -0.1) is 0 Å². The van der Waals surface area contributed by atoms with Gasteiger partial charge in [0, 0.05) is 5.69 Å². The van der Waals surface area contributed by atoms with Gasteiger partial charge in [0.15, 0.2) is 0 Å². The first-order chi connectivity index (χ1) is 10.5. The van der Waals surface area contributed by atoms with Crippen molar-refractivity contribution in [3.8, 4) is 0 Å². The highest BCUT2D eigenvalue weighted by molar-refractivity contribution is 6.37. The molecule has 0 bridgehead atoms. The number of nitrogens with one attached hydrogen (secondary N) is 1. The van der Waals surface area contributed by atoms with Crippen LogP contribution in [0.25, 0.3) is 0 Å². The van der Waals surface area contributed by atoms with Crippen LogP contribution in [0.1, 0.15) is 35.3 Å². The highest BCUT2D eigenvalue weighted by Crippen LogP contribution is 2.27. The largest absolute Gasteiger partial charge is 0.321 e. The standard InChI is InChI=1S/C17H16Cl2FNO/c1-3-10-6-5-7-11(4-2)16(10)21-17(22)12-8-15(20)14(19)9-13(12)18/h5-9H,3-4H2,1-2H3,(H,21,22). The van der Waals surface area contributed by atoms with Gasteiger partial charge in [-0.25, -0.2) is 4.39 Å². The molecule has 5 heteroatoms. The summed E-state index contributed by atoms with van der Waals surface area (Å²) in [7, 11) is 0. The van der Waals surface area contributed by atoms with Crippen LogP contribution in [0.4, 0.5) is 10.1 Å². The Morgan fingerprint density at radius 2 is 1.68 bits per heavy atom. The van der Waals surface area contributed by atoms with E-state index in [1.807, 2.05) is 32.0 Å². The summed E-state index contributed by atoms with van der Waals surface area (Å²) >= 11 is 11.7. The van der Waals surface area contributed by atoms with E-state index in [1.165, 1.54) is 6.07 Å². The molecule has 1 N–H and O–H groups in total. The van der Waals surface area contributed by atoms with Crippen LogP contribution in [0.2, 0.25) is 10.0 Å². The molecule has 0 spiro atoms. The first kappa shape index (κ1) is 16.8. The van der Waals surface area contributed by atoms with Crippen molar-refractivity contribution >= 4 is 34.8 Å². The zero-order valence-corrected chi connectivity index (χ0v) is 13.9. The molecule has 0 radical (unpaired) electrons. The predicted molar refractivity (Wildman–Crippen MR) is 89.6 cm³/mol. The fraction of sp³-hybridized carbons (Fsp3) is 0.235. The minimum atomic E-state index is -0.671. The number of carbonyl (C=O) groups is 1. The Morgan fingerprint density at radius 1 is 1.09 bits per heavy atom. The molecule has 2 nitrogen and oxygen atoms in total. The van der Waals surface area contributed by atoms with Crippen molar-refractivity contribution in [3.05, 3.63) is 62.9 Å². The number of hydrogen-bond donors (Lipinski definition) is 1. The van der Waals surface area contributed by atoms with Crippen molar-refractivity contribution in [2.45, 2.75) is 26.7 Å². The maximum Gasteiger partial charge on any atom is 0.257 e. The summed E-state index contributed by atoms with van der Waals surface area (Å²) in [6.07, 6.45) is 1.57. The highest BCUT2D eigenvalue weighted by atomic mass is 35.5. The summed E-state index contributed by atoms with van der Waals surface area (Å²) in [6.45, 7) is 4.03. The maximum absolute atomic E-state index is 13.6. The second-order valence-corrected chi connectivity index (χ2v) is 5.67. The van der Waals surface area contributed by atoms with Crippen molar-refractivity contribution in [2.24, 2.45) is 0 Å². The van der Waals surface area contributed by atoms with Gasteiger partial charge in [0.1, 0.15) is 5.82 Å². The average Bonchev–Trinajstić information content (AvgIpc) is 2.50. The van der Waals surface area contributed by atoms with Crippen molar-refractivity contribution < 1.29 is 9.18 Å². The highest BCUT2D eigenvalue weighted by Gasteiger charge is 2.16. The van der Waals surface area contributed by atoms with E-state index >= 15 is 0 Å². The average molecular weight is 340 g/mol. The Balaban J connectivity index is 2.40. The molecule has 0 fully saturated rings. The molecule has 0 aliphatic rings. The molecule has 0 atom stereocenters. The normalized spacial score (nSPS) is 10.6. The fourth-order valence-electron chi connectivity index (χ4n) is 2.28. The van der Waals surface area contributed by atoms with Crippen molar-refractivity contribution in [1.29, 1.82) is 0 Å². The molecule has 0 aliphatic heterocycles. The van der Waals surface area contributed by atoms with Gasteiger partial charge >= 0.3 is 0 Å². The number of amides is 1. The number of anilines is 1. The van der Waals surface area contributed by atoms with Crippen LogP contribution in [0.3, 0.4) is 0 Å². The number of benzene rings is 2. The molecule has 2 rings (SSSR count). The molecule has 22 heavy (non-hydrogen) atoms. The molecular formula is C17H16Cl2FNO. The molecule has 0 aromatic heterocycles. The number of hydrogen-bond acceptors (Lipinski definition) is 1. The lowest BCUT2D eigenvalue weighted by atomic mass is 10.0. The van der Waals surface area contributed by atoms with Gasteiger partial charge in [-0.1, -0.05) is 55.2 Å². The molecule has 2 aromatic rings. The first-order valence-electron chi connectivity index (χ1n) is 7.04. The Morgan fingerprint density at radius 3 is 2.23 bits per heavy atom. The van der Waals surface area contributed by atoms with Crippen LogP contribution < -0.4 is 5.32 Å². The van der Waals surface area contributed by atoms with Crippen LogP contribution in [-0.4, -0.2) is 5.91 Å². The summed E-state index contributed by atoms with van der Waals surface area (Å²) in [5, 5.41) is 2.87.